The van der Waals surface area contributed by atoms with Gasteiger partial charge >= 0.3 is 6.18 Å². The van der Waals surface area contributed by atoms with Gasteiger partial charge in [0.25, 0.3) is 0 Å². The van der Waals surface area contributed by atoms with Crippen molar-refractivity contribution in [1.29, 1.82) is 0 Å². The molecule has 0 saturated heterocycles. The van der Waals surface area contributed by atoms with Gasteiger partial charge in [-0.1, -0.05) is 19.4 Å². The SMILES string of the molecule is CCCCC(=O)Nc1ccc(Nc2cccc(C(F)(F)F)c2)cn1. The third kappa shape index (κ3) is 5.26. The van der Waals surface area contributed by atoms with Crippen molar-refractivity contribution in [3.63, 3.8) is 0 Å². The quantitative estimate of drug-likeness (QED) is 0.782. The van der Waals surface area contributed by atoms with E-state index in [-0.39, 0.29) is 5.91 Å². The van der Waals surface area contributed by atoms with Crippen LogP contribution in [0.1, 0.15) is 31.7 Å². The van der Waals surface area contributed by atoms with Crippen molar-refractivity contribution in [2.24, 2.45) is 0 Å². The minimum atomic E-state index is -4.39. The number of aromatic nitrogens is 1. The fourth-order valence-corrected chi connectivity index (χ4v) is 2.02. The van der Waals surface area contributed by atoms with E-state index in [1.807, 2.05) is 6.92 Å². The number of amides is 1. The van der Waals surface area contributed by atoms with Crippen molar-refractivity contribution in [3.8, 4) is 0 Å². The van der Waals surface area contributed by atoms with Gasteiger partial charge in [0.15, 0.2) is 0 Å². The number of carbonyl (C=O) groups excluding carboxylic acids is 1. The van der Waals surface area contributed by atoms with Crippen molar-refractivity contribution in [2.45, 2.75) is 32.4 Å². The van der Waals surface area contributed by atoms with Gasteiger partial charge in [-0.15, -0.1) is 0 Å². The highest BCUT2D eigenvalue weighted by Crippen LogP contribution is 2.31. The van der Waals surface area contributed by atoms with Crippen LogP contribution >= 0.6 is 0 Å². The maximum Gasteiger partial charge on any atom is 0.416 e. The summed E-state index contributed by atoms with van der Waals surface area (Å²) in [7, 11) is 0. The monoisotopic (exact) mass is 337 g/mol. The van der Waals surface area contributed by atoms with Gasteiger partial charge in [0.05, 0.1) is 17.4 Å². The van der Waals surface area contributed by atoms with Crippen LogP contribution in [0.25, 0.3) is 0 Å². The lowest BCUT2D eigenvalue weighted by molar-refractivity contribution is -0.137. The molecule has 2 N–H and O–H groups in total. The van der Waals surface area contributed by atoms with Crippen LogP contribution in [0.4, 0.5) is 30.4 Å². The Morgan fingerprint density at radius 1 is 1.17 bits per heavy atom. The van der Waals surface area contributed by atoms with Crippen LogP contribution in [0, 0.1) is 0 Å². The Morgan fingerprint density at radius 2 is 1.96 bits per heavy atom. The molecule has 128 valence electrons. The van der Waals surface area contributed by atoms with E-state index < -0.39 is 11.7 Å². The minimum Gasteiger partial charge on any atom is -0.354 e. The van der Waals surface area contributed by atoms with Gasteiger partial charge in [0.1, 0.15) is 5.82 Å². The first-order chi connectivity index (χ1) is 11.4. The number of anilines is 3. The number of pyridine rings is 1. The first-order valence-electron chi connectivity index (χ1n) is 7.58. The second-order valence-electron chi connectivity index (χ2n) is 5.29. The molecule has 0 spiro atoms. The van der Waals surface area contributed by atoms with Crippen LogP contribution in [0.3, 0.4) is 0 Å². The molecule has 0 radical (unpaired) electrons. The van der Waals surface area contributed by atoms with E-state index >= 15 is 0 Å². The number of halogens is 3. The maximum atomic E-state index is 12.7. The Kier molecular flexibility index (Phi) is 5.78. The lowest BCUT2D eigenvalue weighted by atomic mass is 10.2. The lowest BCUT2D eigenvalue weighted by Crippen LogP contribution is -2.12. The Balaban J connectivity index is 2.00. The summed E-state index contributed by atoms with van der Waals surface area (Å²) in [5.41, 5.74) is 0.118. The van der Waals surface area contributed by atoms with Crippen molar-refractivity contribution >= 4 is 23.1 Å². The standard InChI is InChI=1S/C17H18F3N3O/c1-2-3-7-16(24)23-15-9-8-14(11-21-15)22-13-6-4-5-12(10-13)17(18,19)20/h4-6,8-11,22H,2-3,7H2,1H3,(H,21,23,24). The normalized spacial score (nSPS) is 11.2. The molecule has 7 heteroatoms. The molecule has 0 aliphatic heterocycles. The fourth-order valence-electron chi connectivity index (χ4n) is 2.02. The topological polar surface area (TPSA) is 54.0 Å². The number of nitrogens with one attached hydrogen (secondary N) is 2. The number of hydrogen-bond donors (Lipinski definition) is 2. The molecule has 0 fully saturated rings. The third-order valence-electron chi connectivity index (χ3n) is 3.27. The van der Waals surface area contributed by atoms with E-state index in [4.69, 9.17) is 0 Å². The van der Waals surface area contributed by atoms with E-state index in [9.17, 15) is 18.0 Å². The summed E-state index contributed by atoms with van der Waals surface area (Å²) in [6.45, 7) is 2.00. The number of hydrogen-bond acceptors (Lipinski definition) is 3. The molecule has 1 heterocycles. The summed E-state index contributed by atoms with van der Waals surface area (Å²) in [5.74, 6) is 0.300. The molecule has 4 nitrogen and oxygen atoms in total. The molecule has 1 amide bonds. The van der Waals surface area contributed by atoms with Gasteiger partial charge in [0, 0.05) is 12.1 Å². The zero-order valence-corrected chi connectivity index (χ0v) is 13.2. The highest BCUT2D eigenvalue weighted by Gasteiger charge is 2.30. The van der Waals surface area contributed by atoms with Crippen molar-refractivity contribution in [1.82, 2.24) is 4.98 Å². The summed E-state index contributed by atoms with van der Waals surface area (Å²) in [6.07, 6.45) is -0.762. The predicted molar refractivity (Wildman–Crippen MR) is 87.1 cm³/mol. The molecular formula is C17H18F3N3O. The van der Waals surface area contributed by atoms with Gasteiger partial charge in [-0.2, -0.15) is 13.2 Å². The Morgan fingerprint density at radius 3 is 2.58 bits per heavy atom. The second-order valence-corrected chi connectivity index (χ2v) is 5.29. The van der Waals surface area contributed by atoms with Crippen LogP contribution in [0.15, 0.2) is 42.6 Å². The van der Waals surface area contributed by atoms with Crippen LogP contribution < -0.4 is 10.6 Å². The summed E-state index contributed by atoms with van der Waals surface area (Å²) < 4.78 is 38.1. The van der Waals surface area contributed by atoms with Gasteiger partial charge in [-0.25, -0.2) is 4.98 Å². The molecule has 2 aromatic rings. The highest BCUT2D eigenvalue weighted by atomic mass is 19.4. The van der Waals surface area contributed by atoms with Gasteiger partial charge in [-0.05, 0) is 36.8 Å². The highest BCUT2D eigenvalue weighted by molar-refractivity contribution is 5.89. The second kappa shape index (κ2) is 7.81. The molecule has 0 aliphatic rings. The van der Waals surface area contributed by atoms with Crippen molar-refractivity contribution in [3.05, 3.63) is 48.2 Å². The molecule has 1 aromatic heterocycles. The predicted octanol–water partition coefficient (Wildman–Crippen LogP) is 4.97. The van der Waals surface area contributed by atoms with E-state index in [2.05, 4.69) is 15.6 Å². The first-order valence-corrected chi connectivity index (χ1v) is 7.58. The summed E-state index contributed by atoms with van der Waals surface area (Å²) in [5, 5.41) is 5.53. The molecule has 0 saturated carbocycles. The molecule has 2 rings (SSSR count). The Bertz CT molecular complexity index is 684. The number of nitrogens with zero attached hydrogens (tertiary/aromatic N) is 1. The van der Waals surface area contributed by atoms with Crippen LogP contribution in [0.5, 0.6) is 0 Å². The molecule has 1 aromatic carbocycles. The zero-order valence-electron chi connectivity index (χ0n) is 13.2. The number of rotatable bonds is 6. The zero-order chi connectivity index (χ0) is 17.6. The maximum absolute atomic E-state index is 12.7. The summed E-state index contributed by atoms with van der Waals surface area (Å²) in [4.78, 5) is 15.7. The molecule has 0 bridgehead atoms. The first kappa shape index (κ1) is 17.8. The number of carbonyl (C=O) groups is 1. The molecule has 0 unspecified atom stereocenters. The number of benzene rings is 1. The number of alkyl halides is 3. The lowest BCUT2D eigenvalue weighted by Gasteiger charge is -2.11. The molecular weight excluding hydrogens is 319 g/mol. The Hall–Kier alpha value is -2.57. The smallest absolute Gasteiger partial charge is 0.354 e. The van der Waals surface area contributed by atoms with E-state index in [0.717, 1.165) is 25.0 Å². The summed E-state index contributed by atoms with van der Waals surface area (Å²) in [6, 6.07) is 8.15. The third-order valence-corrected chi connectivity index (χ3v) is 3.27. The molecule has 24 heavy (non-hydrogen) atoms. The Labute approximate surface area is 138 Å². The molecule has 0 atom stereocenters. The van der Waals surface area contributed by atoms with Crippen LogP contribution in [-0.2, 0) is 11.0 Å². The average molecular weight is 337 g/mol. The van der Waals surface area contributed by atoms with E-state index in [0.29, 0.717) is 23.6 Å². The fraction of sp³-hybridized carbons (Fsp3) is 0.294. The number of unbranched alkanes of at least 4 members (excludes halogenated alkanes) is 1. The van der Waals surface area contributed by atoms with E-state index in [1.165, 1.54) is 18.3 Å². The van der Waals surface area contributed by atoms with Gasteiger partial charge in [-0.3, -0.25) is 4.79 Å². The van der Waals surface area contributed by atoms with Crippen molar-refractivity contribution < 1.29 is 18.0 Å². The van der Waals surface area contributed by atoms with Gasteiger partial charge in [0.2, 0.25) is 5.91 Å². The largest absolute Gasteiger partial charge is 0.416 e. The molecule has 0 aliphatic carbocycles. The average Bonchev–Trinajstić information content (AvgIpc) is 2.54. The van der Waals surface area contributed by atoms with Crippen LogP contribution in [-0.4, -0.2) is 10.9 Å². The minimum absolute atomic E-state index is 0.108. The van der Waals surface area contributed by atoms with Crippen LogP contribution in [0.2, 0.25) is 0 Å². The summed E-state index contributed by atoms with van der Waals surface area (Å²) >= 11 is 0. The van der Waals surface area contributed by atoms with E-state index in [1.54, 1.807) is 12.1 Å². The van der Waals surface area contributed by atoms with Crippen molar-refractivity contribution in [2.75, 3.05) is 10.6 Å². The van der Waals surface area contributed by atoms with Gasteiger partial charge < -0.3 is 10.6 Å².